The Bertz CT molecular complexity index is 247. The molecule has 2 aliphatic rings. The average Bonchev–Trinajstić information content (AvgIpc) is 2.77. The zero-order valence-corrected chi connectivity index (χ0v) is 11.6. The third kappa shape index (κ3) is 3.01. The SMILES string of the molecule is COC(C)(C)CCC1NCCOC12CCCC2. The van der Waals surface area contributed by atoms with E-state index in [1.54, 1.807) is 7.11 Å². The molecule has 1 aliphatic heterocycles. The predicted molar refractivity (Wildman–Crippen MR) is 69.3 cm³/mol. The van der Waals surface area contributed by atoms with Gasteiger partial charge >= 0.3 is 0 Å². The van der Waals surface area contributed by atoms with Gasteiger partial charge in [0.25, 0.3) is 0 Å². The van der Waals surface area contributed by atoms with Crippen LogP contribution in [0.25, 0.3) is 0 Å². The Morgan fingerprint density at radius 1 is 1.35 bits per heavy atom. The molecule has 1 spiro atoms. The van der Waals surface area contributed by atoms with Crippen molar-refractivity contribution in [1.29, 1.82) is 0 Å². The third-order valence-corrected chi connectivity index (χ3v) is 4.55. The van der Waals surface area contributed by atoms with Gasteiger partial charge in [-0.25, -0.2) is 0 Å². The highest BCUT2D eigenvalue weighted by Crippen LogP contribution is 2.39. The molecule has 3 nitrogen and oxygen atoms in total. The van der Waals surface area contributed by atoms with E-state index in [1.807, 2.05) is 0 Å². The number of morpholine rings is 1. The Kier molecular flexibility index (Phi) is 4.11. The average molecular weight is 241 g/mol. The molecule has 17 heavy (non-hydrogen) atoms. The van der Waals surface area contributed by atoms with E-state index >= 15 is 0 Å². The van der Waals surface area contributed by atoms with Gasteiger partial charge < -0.3 is 14.8 Å². The highest BCUT2D eigenvalue weighted by Gasteiger charge is 2.44. The number of rotatable bonds is 4. The van der Waals surface area contributed by atoms with E-state index < -0.39 is 0 Å². The number of hydrogen-bond donors (Lipinski definition) is 1. The number of ether oxygens (including phenoxy) is 2. The summed E-state index contributed by atoms with van der Waals surface area (Å²) >= 11 is 0. The van der Waals surface area contributed by atoms with Crippen molar-refractivity contribution < 1.29 is 9.47 Å². The molecule has 1 saturated heterocycles. The highest BCUT2D eigenvalue weighted by molar-refractivity contribution is 4.99. The van der Waals surface area contributed by atoms with Gasteiger partial charge in [0, 0.05) is 19.7 Å². The first-order chi connectivity index (χ1) is 8.08. The maximum Gasteiger partial charge on any atom is 0.0835 e. The second-order valence-electron chi connectivity index (χ2n) is 6.13. The number of hydrogen-bond acceptors (Lipinski definition) is 3. The first-order valence-corrected chi connectivity index (χ1v) is 7.00. The summed E-state index contributed by atoms with van der Waals surface area (Å²) in [6.07, 6.45) is 7.36. The summed E-state index contributed by atoms with van der Waals surface area (Å²) < 4.78 is 11.6. The van der Waals surface area contributed by atoms with Gasteiger partial charge in [-0.15, -0.1) is 0 Å². The zero-order valence-electron chi connectivity index (χ0n) is 11.6. The molecule has 1 heterocycles. The fourth-order valence-electron chi connectivity index (χ4n) is 3.20. The van der Waals surface area contributed by atoms with Crippen molar-refractivity contribution in [2.24, 2.45) is 0 Å². The van der Waals surface area contributed by atoms with Crippen molar-refractivity contribution in [3.63, 3.8) is 0 Å². The Morgan fingerprint density at radius 3 is 2.71 bits per heavy atom. The van der Waals surface area contributed by atoms with E-state index in [-0.39, 0.29) is 11.2 Å². The molecule has 0 aromatic carbocycles. The smallest absolute Gasteiger partial charge is 0.0835 e. The van der Waals surface area contributed by atoms with Crippen molar-refractivity contribution in [1.82, 2.24) is 5.32 Å². The van der Waals surface area contributed by atoms with Gasteiger partial charge in [-0.2, -0.15) is 0 Å². The molecule has 0 radical (unpaired) electrons. The molecule has 3 heteroatoms. The summed E-state index contributed by atoms with van der Waals surface area (Å²) in [5.41, 5.74) is 0.126. The van der Waals surface area contributed by atoms with Gasteiger partial charge in [-0.05, 0) is 39.5 Å². The molecular weight excluding hydrogens is 214 g/mol. The topological polar surface area (TPSA) is 30.5 Å². The van der Waals surface area contributed by atoms with Crippen molar-refractivity contribution in [3.05, 3.63) is 0 Å². The van der Waals surface area contributed by atoms with Crippen molar-refractivity contribution in [3.8, 4) is 0 Å². The third-order valence-electron chi connectivity index (χ3n) is 4.55. The van der Waals surface area contributed by atoms with Crippen LogP contribution in [0.15, 0.2) is 0 Å². The van der Waals surface area contributed by atoms with Gasteiger partial charge in [0.2, 0.25) is 0 Å². The fourth-order valence-corrected chi connectivity index (χ4v) is 3.20. The molecular formula is C14H27NO2. The number of nitrogens with one attached hydrogen (secondary N) is 1. The quantitative estimate of drug-likeness (QED) is 0.820. The van der Waals surface area contributed by atoms with Crippen LogP contribution >= 0.6 is 0 Å². The largest absolute Gasteiger partial charge is 0.379 e. The minimum Gasteiger partial charge on any atom is -0.379 e. The molecule has 1 N–H and O–H groups in total. The molecule has 1 atom stereocenters. The molecule has 100 valence electrons. The van der Waals surface area contributed by atoms with Crippen molar-refractivity contribution in [2.45, 2.75) is 69.6 Å². The zero-order chi connectivity index (χ0) is 12.4. The molecule has 1 aliphatic carbocycles. The monoisotopic (exact) mass is 241 g/mol. The molecule has 2 fully saturated rings. The maximum atomic E-state index is 6.13. The standard InChI is InChI=1S/C14H27NO2/c1-13(2,16-3)9-6-12-14(7-4-5-8-14)17-11-10-15-12/h12,15H,4-11H2,1-3H3. The molecule has 0 aromatic rings. The minimum absolute atomic E-state index is 0.0150. The summed E-state index contributed by atoms with van der Waals surface area (Å²) in [7, 11) is 1.80. The van der Waals surface area contributed by atoms with E-state index in [1.165, 1.54) is 25.7 Å². The van der Waals surface area contributed by atoms with E-state index in [9.17, 15) is 0 Å². The Labute approximate surface area is 105 Å². The van der Waals surface area contributed by atoms with Gasteiger partial charge in [-0.1, -0.05) is 12.8 Å². The second kappa shape index (κ2) is 5.25. The summed E-state index contributed by atoms with van der Waals surface area (Å²) in [6.45, 7) is 6.21. The van der Waals surface area contributed by atoms with Crippen LogP contribution in [0.5, 0.6) is 0 Å². The Morgan fingerprint density at radius 2 is 2.06 bits per heavy atom. The molecule has 2 rings (SSSR count). The first kappa shape index (κ1) is 13.3. The van der Waals surface area contributed by atoms with Crippen LogP contribution in [-0.4, -0.2) is 37.5 Å². The van der Waals surface area contributed by atoms with Crippen LogP contribution in [0.1, 0.15) is 52.4 Å². The van der Waals surface area contributed by atoms with Crippen LogP contribution in [-0.2, 0) is 9.47 Å². The summed E-state index contributed by atoms with van der Waals surface area (Å²) in [5.74, 6) is 0. The molecule has 1 unspecified atom stereocenters. The van der Waals surface area contributed by atoms with E-state index in [4.69, 9.17) is 9.47 Å². The summed E-state index contributed by atoms with van der Waals surface area (Å²) in [5, 5.41) is 3.67. The lowest BCUT2D eigenvalue weighted by Crippen LogP contribution is -2.57. The lowest BCUT2D eigenvalue weighted by molar-refractivity contribution is -0.0987. The van der Waals surface area contributed by atoms with E-state index in [0.717, 1.165) is 26.0 Å². The maximum absolute atomic E-state index is 6.13. The van der Waals surface area contributed by atoms with Gasteiger partial charge in [-0.3, -0.25) is 0 Å². The summed E-state index contributed by atoms with van der Waals surface area (Å²) in [6, 6.07) is 0.521. The van der Waals surface area contributed by atoms with E-state index in [0.29, 0.717) is 6.04 Å². The predicted octanol–water partition coefficient (Wildman–Crippen LogP) is 2.49. The molecule has 0 aromatic heterocycles. The second-order valence-corrected chi connectivity index (χ2v) is 6.13. The Hall–Kier alpha value is -0.120. The first-order valence-electron chi connectivity index (χ1n) is 7.00. The number of methoxy groups -OCH3 is 1. The van der Waals surface area contributed by atoms with Gasteiger partial charge in [0.1, 0.15) is 0 Å². The summed E-state index contributed by atoms with van der Waals surface area (Å²) in [4.78, 5) is 0. The molecule has 0 amide bonds. The normalized spacial score (nSPS) is 28.8. The minimum atomic E-state index is -0.0150. The van der Waals surface area contributed by atoms with Crippen LogP contribution in [0.2, 0.25) is 0 Å². The fraction of sp³-hybridized carbons (Fsp3) is 1.00. The lowest BCUT2D eigenvalue weighted by Gasteiger charge is -2.43. The van der Waals surface area contributed by atoms with Crippen LogP contribution in [0.4, 0.5) is 0 Å². The molecule has 0 bridgehead atoms. The van der Waals surface area contributed by atoms with Crippen LogP contribution in [0, 0.1) is 0 Å². The van der Waals surface area contributed by atoms with Crippen LogP contribution in [0.3, 0.4) is 0 Å². The van der Waals surface area contributed by atoms with Crippen molar-refractivity contribution in [2.75, 3.05) is 20.3 Å². The van der Waals surface area contributed by atoms with E-state index in [2.05, 4.69) is 19.2 Å². The van der Waals surface area contributed by atoms with Crippen LogP contribution < -0.4 is 5.32 Å². The molecule has 1 saturated carbocycles. The van der Waals surface area contributed by atoms with Gasteiger partial charge in [0.15, 0.2) is 0 Å². The lowest BCUT2D eigenvalue weighted by atomic mass is 9.85. The van der Waals surface area contributed by atoms with Gasteiger partial charge in [0.05, 0.1) is 17.8 Å². The highest BCUT2D eigenvalue weighted by atomic mass is 16.5. The van der Waals surface area contributed by atoms with Crippen molar-refractivity contribution >= 4 is 0 Å². The Balaban J connectivity index is 1.93.